The lowest BCUT2D eigenvalue weighted by Crippen LogP contribution is -2.49. The van der Waals surface area contributed by atoms with Crippen molar-refractivity contribution < 1.29 is 35.8 Å². The molecule has 1 saturated heterocycles. The number of sulfonamides is 1. The van der Waals surface area contributed by atoms with E-state index in [4.69, 9.17) is 14.2 Å². The van der Waals surface area contributed by atoms with E-state index in [-0.39, 0.29) is 18.0 Å². The maximum atomic E-state index is 12.9. The van der Waals surface area contributed by atoms with Gasteiger partial charge in [-0.05, 0) is 48.5 Å². The zero-order valence-electron chi connectivity index (χ0n) is 20.3. The van der Waals surface area contributed by atoms with Crippen molar-refractivity contribution in [3.63, 3.8) is 0 Å². The summed E-state index contributed by atoms with van der Waals surface area (Å²) in [5.41, 5.74) is 0.386. The molecule has 1 aliphatic heterocycles. The number of halogens is 3. The summed E-state index contributed by atoms with van der Waals surface area (Å²) < 4.78 is 81.6. The maximum absolute atomic E-state index is 12.9. The van der Waals surface area contributed by atoms with Crippen LogP contribution in [0.1, 0.15) is 5.56 Å². The van der Waals surface area contributed by atoms with E-state index >= 15 is 0 Å². The van der Waals surface area contributed by atoms with Gasteiger partial charge in [-0.3, -0.25) is 0 Å². The molecule has 0 amide bonds. The molecule has 13 heteroatoms. The van der Waals surface area contributed by atoms with E-state index in [2.05, 4.69) is 10.2 Å². The monoisotopic (exact) mass is 538 g/mol. The van der Waals surface area contributed by atoms with Crippen LogP contribution in [0.3, 0.4) is 0 Å². The minimum absolute atomic E-state index is 0.152. The van der Waals surface area contributed by atoms with Crippen molar-refractivity contribution in [3.8, 4) is 28.5 Å². The number of alkyl halides is 3. The summed E-state index contributed by atoms with van der Waals surface area (Å²) in [4.78, 5) is 1.72. The molecule has 0 bridgehead atoms. The Labute approximate surface area is 212 Å². The zero-order valence-corrected chi connectivity index (χ0v) is 21.1. The fourth-order valence-electron chi connectivity index (χ4n) is 4.00. The normalized spacial score (nSPS) is 14.9. The molecule has 2 aromatic carbocycles. The Kier molecular flexibility index (Phi) is 7.46. The number of ether oxygens (including phenoxy) is 3. The molecular weight excluding hydrogens is 513 g/mol. The quantitative estimate of drug-likeness (QED) is 0.450. The highest BCUT2D eigenvalue weighted by Gasteiger charge is 2.33. The van der Waals surface area contributed by atoms with Crippen LogP contribution in [-0.4, -0.2) is 70.4 Å². The molecule has 1 aromatic heterocycles. The smallest absolute Gasteiger partial charge is 0.416 e. The molecule has 0 radical (unpaired) electrons. The first kappa shape index (κ1) is 26.5. The van der Waals surface area contributed by atoms with Crippen LogP contribution < -0.4 is 19.1 Å². The summed E-state index contributed by atoms with van der Waals surface area (Å²) in [6.45, 7) is 0.996. The average Bonchev–Trinajstić information content (AvgIpc) is 2.92. The van der Waals surface area contributed by atoms with Gasteiger partial charge in [-0.15, -0.1) is 10.2 Å². The second-order valence-electron chi connectivity index (χ2n) is 8.10. The second-order valence-corrected chi connectivity index (χ2v) is 10.0. The molecule has 198 valence electrons. The lowest BCUT2D eigenvalue weighted by Gasteiger charge is -2.34. The van der Waals surface area contributed by atoms with Crippen molar-refractivity contribution in [3.05, 3.63) is 54.1 Å². The predicted octanol–water partition coefficient (Wildman–Crippen LogP) is 3.70. The first-order valence-electron chi connectivity index (χ1n) is 11.1. The highest BCUT2D eigenvalue weighted by atomic mass is 32.2. The van der Waals surface area contributed by atoms with Crippen molar-refractivity contribution in [1.29, 1.82) is 0 Å². The average molecular weight is 539 g/mol. The van der Waals surface area contributed by atoms with E-state index in [1.54, 1.807) is 24.3 Å². The van der Waals surface area contributed by atoms with Gasteiger partial charge < -0.3 is 19.1 Å². The van der Waals surface area contributed by atoms with Gasteiger partial charge >= 0.3 is 6.18 Å². The van der Waals surface area contributed by atoms with Gasteiger partial charge in [0.05, 0.1) is 37.5 Å². The van der Waals surface area contributed by atoms with Gasteiger partial charge in [0.2, 0.25) is 15.8 Å². The third kappa shape index (κ3) is 5.42. The van der Waals surface area contributed by atoms with E-state index in [0.717, 1.165) is 24.3 Å². The Morgan fingerprint density at radius 3 is 1.86 bits per heavy atom. The second kappa shape index (κ2) is 10.4. The lowest BCUT2D eigenvalue weighted by molar-refractivity contribution is -0.137. The number of piperazine rings is 1. The number of hydrogen-bond acceptors (Lipinski definition) is 8. The van der Waals surface area contributed by atoms with Gasteiger partial charge in [0.1, 0.15) is 0 Å². The maximum Gasteiger partial charge on any atom is 0.416 e. The number of rotatable bonds is 7. The van der Waals surface area contributed by atoms with Gasteiger partial charge in [0.15, 0.2) is 17.3 Å². The fraction of sp³-hybridized carbons (Fsp3) is 0.333. The fourth-order valence-corrected chi connectivity index (χ4v) is 5.42. The molecule has 0 atom stereocenters. The molecule has 0 spiro atoms. The largest absolute Gasteiger partial charge is 0.493 e. The highest BCUT2D eigenvalue weighted by Crippen LogP contribution is 2.40. The number of methoxy groups -OCH3 is 3. The molecule has 37 heavy (non-hydrogen) atoms. The molecular formula is C24H25F3N4O5S. The van der Waals surface area contributed by atoms with E-state index in [9.17, 15) is 21.6 Å². The number of nitrogens with zero attached hydrogens (tertiary/aromatic N) is 4. The Bertz CT molecular complexity index is 1320. The van der Waals surface area contributed by atoms with Crippen LogP contribution in [0, 0.1) is 0 Å². The number of hydrogen-bond donors (Lipinski definition) is 0. The van der Waals surface area contributed by atoms with Gasteiger partial charge in [-0.25, -0.2) is 8.42 Å². The van der Waals surface area contributed by atoms with Crippen molar-refractivity contribution in [1.82, 2.24) is 14.5 Å². The highest BCUT2D eigenvalue weighted by molar-refractivity contribution is 7.89. The van der Waals surface area contributed by atoms with Crippen LogP contribution in [0.2, 0.25) is 0 Å². The SMILES string of the molecule is COc1cc(-c2ccc(N3CCN(S(=O)(=O)c4ccc(C(F)(F)F)cc4)CC3)nn2)cc(OC)c1OC. The van der Waals surface area contributed by atoms with Crippen molar-refractivity contribution in [2.75, 3.05) is 52.4 Å². The molecule has 9 nitrogen and oxygen atoms in total. The van der Waals surface area contributed by atoms with Crippen molar-refractivity contribution >= 4 is 15.8 Å². The summed E-state index contributed by atoms with van der Waals surface area (Å²) >= 11 is 0. The third-order valence-electron chi connectivity index (χ3n) is 5.99. The van der Waals surface area contributed by atoms with Crippen LogP contribution in [-0.2, 0) is 16.2 Å². The Morgan fingerprint density at radius 2 is 1.41 bits per heavy atom. The molecule has 0 saturated carbocycles. The third-order valence-corrected chi connectivity index (χ3v) is 7.91. The lowest BCUT2D eigenvalue weighted by atomic mass is 10.1. The van der Waals surface area contributed by atoms with Crippen LogP contribution in [0.5, 0.6) is 17.2 Å². The topological polar surface area (TPSA) is 94.1 Å². The van der Waals surface area contributed by atoms with Crippen LogP contribution in [0.4, 0.5) is 19.0 Å². The predicted molar refractivity (Wildman–Crippen MR) is 130 cm³/mol. The zero-order chi connectivity index (χ0) is 26.8. The van der Waals surface area contributed by atoms with E-state index in [1.165, 1.54) is 25.6 Å². The van der Waals surface area contributed by atoms with Gasteiger partial charge in [0, 0.05) is 31.7 Å². The van der Waals surface area contributed by atoms with Gasteiger partial charge in [0.25, 0.3) is 0 Å². The molecule has 2 heterocycles. The summed E-state index contributed by atoms with van der Waals surface area (Å²) in [7, 11) is 0.637. The van der Waals surface area contributed by atoms with Crippen molar-refractivity contribution in [2.45, 2.75) is 11.1 Å². The van der Waals surface area contributed by atoms with E-state index in [0.29, 0.717) is 47.4 Å². The molecule has 1 aliphatic rings. The Morgan fingerprint density at radius 1 is 0.811 bits per heavy atom. The molecule has 0 N–H and O–H groups in total. The van der Waals surface area contributed by atoms with Crippen LogP contribution in [0.15, 0.2) is 53.4 Å². The van der Waals surface area contributed by atoms with Crippen molar-refractivity contribution in [2.24, 2.45) is 0 Å². The molecule has 0 aliphatic carbocycles. The summed E-state index contributed by atoms with van der Waals surface area (Å²) in [6.07, 6.45) is -4.53. The number of benzene rings is 2. The molecule has 3 aromatic rings. The van der Waals surface area contributed by atoms with Gasteiger partial charge in [-0.1, -0.05) is 0 Å². The standard InChI is InChI=1S/C24H25F3N4O5S/c1-34-20-14-16(15-21(35-2)23(20)36-3)19-8-9-22(29-28-19)30-10-12-31(13-11-30)37(32,33)18-6-4-17(5-7-18)24(25,26)27/h4-9,14-15H,10-13H2,1-3H3. The van der Waals surface area contributed by atoms with Crippen LogP contribution in [0.25, 0.3) is 11.3 Å². The Hall–Kier alpha value is -3.58. The summed E-state index contributed by atoms with van der Waals surface area (Å²) in [6, 6.07) is 10.6. The molecule has 1 fully saturated rings. The molecule has 4 rings (SSSR count). The minimum atomic E-state index is -4.53. The summed E-state index contributed by atoms with van der Waals surface area (Å²) in [5.74, 6) is 1.99. The van der Waals surface area contributed by atoms with E-state index < -0.39 is 21.8 Å². The summed E-state index contributed by atoms with van der Waals surface area (Å²) in [5, 5.41) is 8.61. The van der Waals surface area contributed by atoms with E-state index in [1.807, 2.05) is 4.90 Å². The first-order chi connectivity index (χ1) is 17.6. The first-order valence-corrected chi connectivity index (χ1v) is 12.6. The number of anilines is 1. The minimum Gasteiger partial charge on any atom is -0.493 e. The van der Waals surface area contributed by atoms with Gasteiger partial charge in [-0.2, -0.15) is 17.5 Å². The van der Waals surface area contributed by atoms with Crippen LogP contribution >= 0.6 is 0 Å². The molecule has 0 unspecified atom stereocenters. The Balaban J connectivity index is 1.45. The number of aromatic nitrogens is 2.